The largest absolute Gasteiger partial charge is 0.416 e. The Bertz CT molecular complexity index is 803. The molecule has 10 heteroatoms. The Morgan fingerprint density at radius 3 is 1.88 bits per heavy atom. The number of halogens is 8. The van der Waals surface area contributed by atoms with Crippen LogP contribution in [0.15, 0.2) is 48.5 Å². The number of hydrogen-bond donors (Lipinski definition) is 1. The average Bonchev–Trinajstić information content (AvgIpc) is 2.72. The first-order valence-corrected chi connectivity index (χ1v) is 10.4. The van der Waals surface area contributed by atoms with Gasteiger partial charge in [0.2, 0.25) is 0 Å². The number of hydrogen-bond acceptors (Lipinski definition) is 2. The summed E-state index contributed by atoms with van der Waals surface area (Å²) >= 11 is 0. The van der Waals surface area contributed by atoms with E-state index in [-0.39, 0.29) is 36.6 Å². The molecule has 0 spiro atoms. The van der Waals surface area contributed by atoms with Crippen LogP contribution >= 0.6 is 24.8 Å². The van der Waals surface area contributed by atoms with Gasteiger partial charge in [-0.1, -0.05) is 30.3 Å². The molecule has 0 unspecified atom stereocenters. The van der Waals surface area contributed by atoms with Crippen molar-refractivity contribution in [2.24, 2.45) is 5.92 Å². The minimum Gasteiger partial charge on any atom is -0.385 e. The number of rotatable bonds is 7. The molecule has 0 atom stereocenters. The van der Waals surface area contributed by atoms with Crippen LogP contribution in [0.3, 0.4) is 0 Å². The van der Waals surface area contributed by atoms with Crippen LogP contribution in [-0.4, -0.2) is 31.1 Å². The van der Waals surface area contributed by atoms with Crippen LogP contribution in [0.25, 0.3) is 0 Å². The van der Waals surface area contributed by atoms with Crippen molar-refractivity contribution in [2.75, 3.05) is 31.5 Å². The van der Waals surface area contributed by atoms with Gasteiger partial charge < -0.3 is 10.2 Å². The molecule has 0 aromatic heterocycles. The van der Waals surface area contributed by atoms with E-state index in [0.29, 0.717) is 18.9 Å². The molecule has 1 heterocycles. The Kier molecular flexibility index (Phi) is 11.3. The third-order valence-electron chi connectivity index (χ3n) is 5.64. The normalized spacial score (nSPS) is 15.5. The summed E-state index contributed by atoms with van der Waals surface area (Å²) in [5.41, 5.74) is -1.43. The van der Waals surface area contributed by atoms with Gasteiger partial charge in [0.05, 0.1) is 11.1 Å². The van der Waals surface area contributed by atoms with E-state index in [1.165, 1.54) is 5.56 Å². The monoisotopic (exact) mass is 516 g/mol. The van der Waals surface area contributed by atoms with Crippen molar-refractivity contribution in [3.05, 3.63) is 65.2 Å². The average molecular weight is 517 g/mol. The fourth-order valence-electron chi connectivity index (χ4n) is 3.95. The summed E-state index contributed by atoms with van der Waals surface area (Å²) in [4.78, 5) is 2.30. The summed E-state index contributed by atoms with van der Waals surface area (Å²) in [5, 5.41) is 2.72. The topological polar surface area (TPSA) is 15.3 Å². The lowest BCUT2D eigenvalue weighted by Crippen LogP contribution is -2.35. The molecule has 3 rings (SSSR count). The molecular weight excluding hydrogens is 489 g/mol. The van der Waals surface area contributed by atoms with Gasteiger partial charge in [0.25, 0.3) is 0 Å². The Hall–Kier alpha value is -1.64. The van der Waals surface area contributed by atoms with Crippen molar-refractivity contribution in [1.29, 1.82) is 0 Å². The van der Waals surface area contributed by atoms with Crippen LogP contribution in [0.4, 0.5) is 32.0 Å². The van der Waals surface area contributed by atoms with Gasteiger partial charge in [-0.05, 0) is 75.0 Å². The number of alkyl halides is 6. The van der Waals surface area contributed by atoms with Crippen LogP contribution in [0, 0.1) is 5.92 Å². The maximum atomic E-state index is 12.9. The van der Waals surface area contributed by atoms with Gasteiger partial charge >= 0.3 is 12.4 Å². The predicted octanol–water partition coefficient (Wildman–Crippen LogP) is 7.32. The smallest absolute Gasteiger partial charge is 0.385 e. The van der Waals surface area contributed by atoms with Crippen molar-refractivity contribution in [3.63, 3.8) is 0 Å². The Balaban J connectivity index is 0.00000272. The predicted molar refractivity (Wildman–Crippen MR) is 123 cm³/mol. The molecule has 1 N–H and O–H groups in total. The van der Waals surface area contributed by atoms with Gasteiger partial charge in [-0.15, -0.1) is 24.8 Å². The molecule has 1 aliphatic heterocycles. The molecule has 0 saturated carbocycles. The van der Waals surface area contributed by atoms with Crippen LogP contribution in [0.5, 0.6) is 0 Å². The molecule has 0 bridgehead atoms. The van der Waals surface area contributed by atoms with Crippen LogP contribution in [0.1, 0.15) is 36.0 Å². The SMILES string of the molecule is Cl.Cl.FC(F)(F)c1cc(NCCCN2CCC(Cc3ccccc3)CC2)cc(C(F)(F)F)c1. The Morgan fingerprint density at radius 2 is 1.36 bits per heavy atom. The molecule has 2 aromatic carbocycles. The molecule has 0 radical (unpaired) electrons. The zero-order valence-electron chi connectivity index (χ0n) is 17.9. The first-order chi connectivity index (χ1) is 14.6. The zero-order valence-corrected chi connectivity index (χ0v) is 19.5. The Labute approximate surface area is 202 Å². The Morgan fingerprint density at radius 1 is 0.818 bits per heavy atom. The maximum absolute atomic E-state index is 12.9. The third-order valence-corrected chi connectivity index (χ3v) is 5.64. The van der Waals surface area contributed by atoms with Crippen molar-refractivity contribution in [3.8, 4) is 0 Å². The summed E-state index contributed by atoms with van der Waals surface area (Å²) < 4.78 is 77.6. The number of nitrogens with zero attached hydrogens (tertiary/aromatic N) is 1. The fourth-order valence-corrected chi connectivity index (χ4v) is 3.95. The van der Waals surface area contributed by atoms with Gasteiger partial charge in [0, 0.05) is 12.2 Å². The summed E-state index contributed by atoms with van der Waals surface area (Å²) in [6.07, 6.45) is -5.78. The highest BCUT2D eigenvalue weighted by Crippen LogP contribution is 2.37. The first kappa shape index (κ1) is 29.4. The molecular formula is C23H28Cl2F6N2. The second-order valence-electron chi connectivity index (χ2n) is 8.05. The molecule has 33 heavy (non-hydrogen) atoms. The summed E-state index contributed by atoms with van der Waals surface area (Å²) in [7, 11) is 0. The minimum absolute atomic E-state index is 0. The summed E-state index contributed by atoms with van der Waals surface area (Å²) in [6.45, 7) is 2.98. The van der Waals surface area contributed by atoms with Gasteiger partial charge in [0.1, 0.15) is 0 Å². The van der Waals surface area contributed by atoms with E-state index in [0.717, 1.165) is 51.0 Å². The van der Waals surface area contributed by atoms with E-state index >= 15 is 0 Å². The number of nitrogens with one attached hydrogen (secondary N) is 1. The van der Waals surface area contributed by atoms with E-state index in [2.05, 4.69) is 22.3 Å². The van der Waals surface area contributed by atoms with E-state index < -0.39 is 23.5 Å². The molecule has 1 saturated heterocycles. The molecule has 2 nitrogen and oxygen atoms in total. The van der Waals surface area contributed by atoms with E-state index in [1.54, 1.807) is 0 Å². The number of benzene rings is 2. The van der Waals surface area contributed by atoms with Crippen molar-refractivity contribution >= 4 is 30.5 Å². The zero-order chi connectivity index (χ0) is 22.5. The quantitative estimate of drug-likeness (QED) is 0.306. The standard InChI is InChI=1S/C23H26F6N2.2ClH/c24-22(25,26)19-14-20(23(27,28)29)16-21(15-19)30-9-4-10-31-11-7-18(8-12-31)13-17-5-2-1-3-6-17;;/h1-3,5-6,14-16,18,30H,4,7-13H2;2*1H. The number of anilines is 1. The summed E-state index contributed by atoms with van der Waals surface area (Å²) in [6, 6.07) is 12.0. The fraction of sp³-hybridized carbons (Fsp3) is 0.478. The highest BCUT2D eigenvalue weighted by Gasteiger charge is 2.36. The number of piperidine rings is 1. The van der Waals surface area contributed by atoms with E-state index in [1.807, 2.05) is 18.2 Å². The molecule has 2 aromatic rings. The second kappa shape index (κ2) is 12.7. The van der Waals surface area contributed by atoms with Gasteiger partial charge in [0.15, 0.2) is 0 Å². The lowest BCUT2D eigenvalue weighted by atomic mass is 9.90. The highest BCUT2D eigenvalue weighted by atomic mass is 35.5. The lowest BCUT2D eigenvalue weighted by molar-refractivity contribution is -0.143. The second-order valence-corrected chi connectivity index (χ2v) is 8.05. The molecule has 1 fully saturated rings. The molecule has 186 valence electrons. The van der Waals surface area contributed by atoms with Gasteiger partial charge in [-0.3, -0.25) is 0 Å². The van der Waals surface area contributed by atoms with Crippen molar-refractivity contribution in [2.45, 2.75) is 38.0 Å². The molecule has 1 aliphatic rings. The van der Waals surface area contributed by atoms with E-state index in [9.17, 15) is 26.3 Å². The van der Waals surface area contributed by atoms with Crippen molar-refractivity contribution < 1.29 is 26.3 Å². The molecule has 0 amide bonds. The highest BCUT2D eigenvalue weighted by molar-refractivity contribution is 5.85. The first-order valence-electron chi connectivity index (χ1n) is 10.4. The van der Waals surface area contributed by atoms with Gasteiger partial charge in [-0.25, -0.2) is 0 Å². The van der Waals surface area contributed by atoms with E-state index in [4.69, 9.17) is 0 Å². The van der Waals surface area contributed by atoms with Crippen LogP contribution in [0.2, 0.25) is 0 Å². The summed E-state index contributed by atoms with van der Waals surface area (Å²) in [5.74, 6) is 0.641. The minimum atomic E-state index is -4.83. The third kappa shape index (κ3) is 9.26. The van der Waals surface area contributed by atoms with Gasteiger partial charge in [-0.2, -0.15) is 26.3 Å². The lowest BCUT2D eigenvalue weighted by Gasteiger charge is -2.32. The van der Waals surface area contributed by atoms with Crippen LogP contribution < -0.4 is 5.32 Å². The maximum Gasteiger partial charge on any atom is 0.416 e. The number of likely N-dealkylation sites (tertiary alicyclic amines) is 1. The van der Waals surface area contributed by atoms with Crippen molar-refractivity contribution in [1.82, 2.24) is 4.90 Å². The van der Waals surface area contributed by atoms with Crippen LogP contribution in [-0.2, 0) is 18.8 Å². The molecule has 0 aliphatic carbocycles.